The van der Waals surface area contributed by atoms with Crippen molar-refractivity contribution >= 4 is 20.4 Å². The van der Waals surface area contributed by atoms with E-state index in [4.69, 9.17) is 46.3 Å². The maximum absolute atomic E-state index is 14.7. The molecule has 14 heteroatoms. The summed E-state index contributed by atoms with van der Waals surface area (Å²) in [6, 6.07) is 15.8. The van der Waals surface area contributed by atoms with E-state index in [0.29, 0.717) is 17.2 Å². The average Bonchev–Trinajstić information content (AvgIpc) is 3.12. The molecule has 4 aromatic rings. The number of hydrogen-bond acceptors (Lipinski definition) is 12. The lowest BCUT2D eigenvalue weighted by Gasteiger charge is -2.42. The number of benzene rings is 4. The first kappa shape index (κ1) is 36.2. The highest BCUT2D eigenvalue weighted by Gasteiger charge is 2.50. The van der Waals surface area contributed by atoms with Gasteiger partial charge < -0.3 is 42.6 Å². The van der Waals surface area contributed by atoms with Gasteiger partial charge in [0.15, 0.2) is 0 Å². The van der Waals surface area contributed by atoms with Crippen molar-refractivity contribution in [2.24, 2.45) is 0 Å². The van der Waals surface area contributed by atoms with E-state index in [1.165, 1.54) is 76.1 Å². The minimum absolute atomic E-state index is 0.116. The zero-order valence-corrected chi connectivity index (χ0v) is 30.1. The molecule has 48 heavy (non-hydrogen) atoms. The van der Waals surface area contributed by atoms with Crippen LogP contribution in [-0.4, -0.2) is 72.4 Å². The second-order valence-corrected chi connectivity index (χ2v) is 14.2. The highest BCUT2D eigenvalue weighted by atomic mass is 32.3. The van der Waals surface area contributed by atoms with Crippen molar-refractivity contribution in [3.63, 3.8) is 0 Å². The number of methoxy groups -OCH3 is 9. The Morgan fingerprint density at radius 2 is 0.688 bits per heavy atom. The molecule has 0 heterocycles. The van der Waals surface area contributed by atoms with Crippen molar-refractivity contribution in [3.8, 4) is 51.7 Å². The Labute approximate surface area is 282 Å². The SMILES string of the molecule is COc1cc(OC)c(S(OS(=O)(=O)c2ccc(C)cc2)(c2c(OC)cc(OC)cc2OC)c2c(OC)cc(OC)cc2OC)c(OC)c1. The van der Waals surface area contributed by atoms with E-state index >= 15 is 0 Å². The third kappa shape index (κ3) is 6.55. The molecule has 0 aliphatic rings. The summed E-state index contributed by atoms with van der Waals surface area (Å²) in [7, 11) is 4.59. The number of hydrogen-bond donors (Lipinski definition) is 0. The summed E-state index contributed by atoms with van der Waals surface area (Å²) in [6.07, 6.45) is 0. The Morgan fingerprint density at radius 1 is 0.417 bits per heavy atom. The average molecular weight is 705 g/mol. The van der Waals surface area contributed by atoms with Gasteiger partial charge in [0.1, 0.15) is 66.4 Å². The highest BCUT2D eigenvalue weighted by Crippen LogP contribution is 2.81. The quantitative estimate of drug-likeness (QED) is 0.131. The van der Waals surface area contributed by atoms with Crippen LogP contribution in [-0.2, 0) is 13.7 Å². The Kier molecular flexibility index (Phi) is 11.3. The topological polar surface area (TPSA) is 126 Å². The molecule has 0 fully saturated rings. The first-order chi connectivity index (χ1) is 23.0. The van der Waals surface area contributed by atoms with E-state index < -0.39 is 20.4 Å². The van der Waals surface area contributed by atoms with E-state index in [1.807, 2.05) is 6.92 Å². The molecular formula is C34H40O12S2. The van der Waals surface area contributed by atoms with Crippen LogP contribution in [0.25, 0.3) is 0 Å². The van der Waals surface area contributed by atoms with Crippen molar-refractivity contribution in [2.75, 3.05) is 64.0 Å². The second kappa shape index (κ2) is 15.0. The predicted octanol–water partition coefficient (Wildman–Crippen LogP) is 6.67. The molecule has 0 spiro atoms. The molecule has 0 radical (unpaired) electrons. The van der Waals surface area contributed by atoms with Crippen molar-refractivity contribution < 1.29 is 54.7 Å². The van der Waals surface area contributed by atoms with Crippen LogP contribution in [0, 0.1) is 6.92 Å². The fourth-order valence-electron chi connectivity index (χ4n) is 5.06. The maximum atomic E-state index is 14.7. The van der Waals surface area contributed by atoms with Crippen molar-refractivity contribution in [1.29, 1.82) is 0 Å². The minimum Gasteiger partial charge on any atom is -0.496 e. The van der Waals surface area contributed by atoms with Crippen LogP contribution < -0.4 is 42.6 Å². The molecular weight excluding hydrogens is 664 g/mol. The summed E-state index contributed by atoms with van der Waals surface area (Å²) in [5, 5.41) is 0. The van der Waals surface area contributed by atoms with Crippen LogP contribution >= 0.6 is 10.3 Å². The van der Waals surface area contributed by atoms with Gasteiger partial charge in [0.25, 0.3) is 0 Å². The molecule has 0 unspecified atom stereocenters. The lowest BCUT2D eigenvalue weighted by atomic mass is 10.2. The summed E-state index contributed by atoms with van der Waals surface area (Å²) in [5.74, 6) is 2.01. The zero-order chi connectivity index (χ0) is 35.2. The first-order valence-corrected chi connectivity index (χ1v) is 17.2. The zero-order valence-electron chi connectivity index (χ0n) is 28.5. The number of ether oxygens (including phenoxy) is 9. The van der Waals surface area contributed by atoms with Gasteiger partial charge in [-0.25, -0.2) is 3.63 Å². The van der Waals surface area contributed by atoms with Crippen LogP contribution in [0.4, 0.5) is 0 Å². The lowest BCUT2D eigenvalue weighted by molar-refractivity contribution is 0.348. The van der Waals surface area contributed by atoms with Gasteiger partial charge in [0.2, 0.25) is 0 Å². The Bertz CT molecular complexity index is 1630. The van der Waals surface area contributed by atoms with Gasteiger partial charge in [-0.1, -0.05) is 17.7 Å². The van der Waals surface area contributed by atoms with Crippen molar-refractivity contribution in [3.05, 3.63) is 66.2 Å². The molecule has 0 amide bonds. The fraction of sp³-hybridized carbons (Fsp3) is 0.294. The monoisotopic (exact) mass is 704 g/mol. The van der Waals surface area contributed by atoms with E-state index in [2.05, 4.69) is 0 Å². The second-order valence-electron chi connectivity index (χ2n) is 9.97. The molecule has 0 saturated heterocycles. The number of rotatable bonds is 15. The van der Waals surface area contributed by atoms with Crippen LogP contribution in [0.1, 0.15) is 5.56 Å². The van der Waals surface area contributed by atoms with E-state index in [0.717, 1.165) is 5.56 Å². The molecule has 0 bridgehead atoms. The summed E-state index contributed by atoms with van der Waals surface area (Å²) in [5.41, 5.74) is 0.850. The van der Waals surface area contributed by atoms with Gasteiger partial charge in [-0.3, -0.25) is 0 Å². The Morgan fingerprint density at radius 3 is 0.917 bits per heavy atom. The van der Waals surface area contributed by atoms with E-state index in [-0.39, 0.29) is 54.1 Å². The minimum atomic E-state index is -4.67. The van der Waals surface area contributed by atoms with Crippen LogP contribution in [0.2, 0.25) is 0 Å². The van der Waals surface area contributed by atoms with Gasteiger partial charge >= 0.3 is 10.1 Å². The summed E-state index contributed by atoms with van der Waals surface area (Å²) in [4.78, 5) is 0.363. The molecule has 4 aromatic carbocycles. The molecule has 0 aliphatic carbocycles. The molecule has 0 N–H and O–H groups in total. The fourth-order valence-corrected chi connectivity index (χ4v) is 10.9. The summed E-state index contributed by atoms with van der Waals surface area (Å²) in [6.45, 7) is 1.85. The summed E-state index contributed by atoms with van der Waals surface area (Å²) < 4.78 is 88.7. The largest absolute Gasteiger partial charge is 0.496 e. The molecule has 0 aromatic heterocycles. The van der Waals surface area contributed by atoms with Crippen molar-refractivity contribution in [1.82, 2.24) is 0 Å². The van der Waals surface area contributed by atoms with E-state index in [1.54, 1.807) is 48.5 Å². The van der Waals surface area contributed by atoms with E-state index in [9.17, 15) is 8.42 Å². The normalized spacial score (nSPS) is 11.7. The Hall–Kier alpha value is -4.66. The van der Waals surface area contributed by atoms with Gasteiger partial charge in [-0.2, -0.15) is 8.42 Å². The van der Waals surface area contributed by atoms with Gasteiger partial charge in [0, 0.05) is 36.4 Å². The van der Waals surface area contributed by atoms with Crippen LogP contribution in [0.15, 0.2) is 80.2 Å². The Balaban J connectivity index is 2.44. The molecule has 0 saturated carbocycles. The number of aryl methyl sites for hydroxylation is 1. The molecule has 4 rings (SSSR count). The highest BCUT2D eigenvalue weighted by molar-refractivity contribution is 8.33. The third-order valence-electron chi connectivity index (χ3n) is 7.37. The molecule has 12 nitrogen and oxygen atoms in total. The smallest absolute Gasteiger partial charge is 0.307 e. The molecule has 260 valence electrons. The molecule has 0 atom stereocenters. The molecule has 0 aliphatic heterocycles. The van der Waals surface area contributed by atoms with Crippen molar-refractivity contribution in [2.45, 2.75) is 26.5 Å². The first-order valence-electron chi connectivity index (χ1n) is 14.3. The standard InChI is InChI=1S/C34H40O12S2/c1-21-11-13-25(14-12-21)48(35,36)46-47(32-26(40-5)15-22(37-2)16-27(32)41-6,33-28(42-7)17-23(38-3)18-29(33)43-8)34-30(44-9)19-24(39-4)20-31(34)45-10/h11-20H,1-10H3. The third-order valence-corrected chi connectivity index (χ3v) is 12.7. The summed E-state index contributed by atoms with van der Waals surface area (Å²) >= 11 is 0. The van der Waals surface area contributed by atoms with Gasteiger partial charge in [-0.05, 0) is 29.4 Å². The maximum Gasteiger partial charge on any atom is 0.307 e. The van der Waals surface area contributed by atoms with Gasteiger partial charge in [-0.15, -0.1) is 0 Å². The van der Waals surface area contributed by atoms with Gasteiger partial charge in [0.05, 0.1) is 68.9 Å². The van der Waals surface area contributed by atoms with Crippen LogP contribution in [0.3, 0.4) is 0 Å². The predicted molar refractivity (Wildman–Crippen MR) is 180 cm³/mol. The van der Waals surface area contributed by atoms with Crippen LogP contribution in [0.5, 0.6) is 51.7 Å². The lowest BCUT2D eigenvalue weighted by Crippen LogP contribution is -2.19.